The predicted octanol–water partition coefficient (Wildman–Crippen LogP) is 0.324. The van der Waals surface area contributed by atoms with Gasteiger partial charge >= 0.3 is 5.97 Å². The van der Waals surface area contributed by atoms with Crippen molar-refractivity contribution in [3.63, 3.8) is 0 Å². The van der Waals surface area contributed by atoms with Gasteiger partial charge in [-0.15, -0.1) is 0 Å². The number of nitrogens with zero attached hydrogens (tertiary/aromatic N) is 2. The molecular weight excluding hydrogens is 262 g/mol. The van der Waals surface area contributed by atoms with E-state index in [-0.39, 0.29) is 12.1 Å². The Balaban J connectivity index is 2.30. The number of H-pyrrole nitrogens is 1. The van der Waals surface area contributed by atoms with E-state index in [1.165, 1.54) is 4.90 Å². The molecule has 1 aliphatic rings. The molecule has 1 aliphatic heterocycles. The Morgan fingerprint density at radius 1 is 1.40 bits per heavy atom. The monoisotopic (exact) mass is 279 g/mol. The number of hydrogen-bond donors (Lipinski definition) is 2. The van der Waals surface area contributed by atoms with Gasteiger partial charge in [0.05, 0.1) is 11.6 Å². The number of carbonyl (C=O) groups is 2. The molecular formula is C13H17N3O4. The van der Waals surface area contributed by atoms with Crippen molar-refractivity contribution in [3.8, 4) is 0 Å². The zero-order valence-corrected chi connectivity index (χ0v) is 11.5. The predicted molar refractivity (Wildman–Crippen MR) is 70.6 cm³/mol. The van der Waals surface area contributed by atoms with Crippen LogP contribution in [-0.2, 0) is 4.79 Å². The van der Waals surface area contributed by atoms with Crippen molar-refractivity contribution < 1.29 is 14.7 Å². The average molecular weight is 279 g/mol. The van der Waals surface area contributed by atoms with E-state index in [1.54, 1.807) is 13.8 Å². The van der Waals surface area contributed by atoms with Crippen molar-refractivity contribution in [2.24, 2.45) is 5.92 Å². The summed E-state index contributed by atoms with van der Waals surface area (Å²) in [5.74, 6) is -1.88. The number of piperidine rings is 1. The normalized spacial score (nSPS) is 18.9. The van der Waals surface area contributed by atoms with Crippen LogP contribution in [0.2, 0.25) is 0 Å². The summed E-state index contributed by atoms with van der Waals surface area (Å²) in [5, 5.41) is 15.1. The molecule has 0 radical (unpaired) electrons. The third kappa shape index (κ3) is 2.56. The van der Waals surface area contributed by atoms with Crippen LogP contribution in [0.15, 0.2) is 4.79 Å². The number of aromatic amines is 1. The van der Waals surface area contributed by atoms with Gasteiger partial charge < -0.3 is 10.0 Å². The van der Waals surface area contributed by atoms with Crippen molar-refractivity contribution in [2.75, 3.05) is 13.1 Å². The van der Waals surface area contributed by atoms with Crippen molar-refractivity contribution >= 4 is 11.9 Å². The second kappa shape index (κ2) is 5.44. The number of aliphatic carboxylic acids is 1. The smallest absolute Gasteiger partial charge is 0.308 e. The zero-order valence-electron chi connectivity index (χ0n) is 11.5. The van der Waals surface area contributed by atoms with Gasteiger partial charge in [0, 0.05) is 13.1 Å². The summed E-state index contributed by atoms with van der Waals surface area (Å²) >= 11 is 0. The summed E-state index contributed by atoms with van der Waals surface area (Å²) in [6.07, 6.45) is 1.19. The molecule has 0 spiro atoms. The van der Waals surface area contributed by atoms with Crippen LogP contribution in [0.25, 0.3) is 0 Å². The highest BCUT2D eigenvalue weighted by Crippen LogP contribution is 2.19. The van der Waals surface area contributed by atoms with Crippen LogP contribution in [0.4, 0.5) is 0 Å². The molecule has 1 aromatic rings. The lowest BCUT2D eigenvalue weighted by Crippen LogP contribution is -2.44. The maximum atomic E-state index is 12.4. The molecule has 2 N–H and O–H groups in total. The van der Waals surface area contributed by atoms with E-state index < -0.39 is 23.4 Å². The molecule has 0 bridgehead atoms. The number of amides is 1. The first-order chi connectivity index (χ1) is 9.41. The lowest BCUT2D eigenvalue weighted by atomic mass is 9.97. The van der Waals surface area contributed by atoms with Gasteiger partial charge in [-0.2, -0.15) is 5.10 Å². The Morgan fingerprint density at radius 3 is 2.75 bits per heavy atom. The number of carboxylic acid groups (broad SMARTS) is 1. The van der Waals surface area contributed by atoms with Gasteiger partial charge in [-0.3, -0.25) is 14.4 Å². The number of aromatic nitrogens is 2. The Labute approximate surface area is 115 Å². The van der Waals surface area contributed by atoms with Gasteiger partial charge in [0.1, 0.15) is 5.56 Å². The lowest BCUT2D eigenvalue weighted by Gasteiger charge is -2.30. The molecule has 2 rings (SSSR count). The average Bonchev–Trinajstić information content (AvgIpc) is 2.43. The molecule has 7 heteroatoms. The molecule has 20 heavy (non-hydrogen) atoms. The maximum absolute atomic E-state index is 12.4. The van der Waals surface area contributed by atoms with Gasteiger partial charge in [0.25, 0.3) is 11.5 Å². The number of carbonyl (C=O) groups excluding carboxylic acids is 1. The molecule has 7 nitrogen and oxygen atoms in total. The minimum atomic E-state index is -0.904. The zero-order chi connectivity index (χ0) is 14.9. The van der Waals surface area contributed by atoms with E-state index in [0.29, 0.717) is 30.6 Å². The van der Waals surface area contributed by atoms with Gasteiger partial charge in [-0.05, 0) is 32.3 Å². The Morgan fingerprint density at radius 2 is 2.10 bits per heavy atom. The highest BCUT2D eigenvalue weighted by atomic mass is 16.4. The number of nitrogens with one attached hydrogen (secondary N) is 1. The fourth-order valence-electron chi connectivity index (χ4n) is 2.40. The van der Waals surface area contributed by atoms with Crippen molar-refractivity contribution in [2.45, 2.75) is 26.7 Å². The van der Waals surface area contributed by atoms with Crippen LogP contribution >= 0.6 is 0 Å². The minimum Gasteiger partial charge on any atom is -0.481 e. The maximum Gasteiger partial charge on any atom is 0.308 e. The Hall–Kier alpha value is -2.18. The number of aryl methyl sites for hydroxylation is 1. The first-order valence-corrected chi connectivity index (χ1v) is 6.49. The SMILES string of the molecule is Cc1n[nH]c(=O)c(C(=O)N2CCC[C@@H](C(=O)O)C2)c1C. The van der Waals surface area contributed by atoms with Gasteiger partial charge in [-0.25, -0.2) is 5.10 Å². The summed E-state index contributed by atoms with van der Waals surface area (Å²) in [5.41, 5.74) is 0.648. The second-order valence-corrected chi connectivity index (χ2v) is 5.07. The van der Waals surface area contributed by atoms with Crippen LogP contribution in [0.1, 0.15) is 34.5 Å². The third-order valence-corrected chi connectivity index (χ3v) is 3.74. The fraction of sp³-hybridized carbons (Fsp3) is 0.538. The van der Waals surface area contributed by atoms with E-state index in [9.17, 15) is 14.4 Å². The Bertz CT molecular complexity index is 608. The number of likely N-dealkylation sites (tertiary alicyclic amines) is 1. The van der Waals surface area contributed by atoms with E-state index in [1.807, 2.05) is 0 Å². The van der Waals surface area contributed by atoms with Crippen LogP contribution in [0.5, 0.6) is 0 Å². The largest absolute Gasteiger partial charge is 0.481 e. The van der Waals surface area contributed by atoms with E-state index in [0.717, 1.165) is 0 Å². The molecule has 0 unspecified atom stereocenters. The van der Waals surface area contributed by atoms with E-state index in [4.69, 9.17) is 5.11 Å². The summed E-state index contributed by atoms with van der Waals surface area (Å²) in [6.45, 7) is 4.00. The quantitative estimate of drug-likeness (QED) is 0.811. The number of hydrogen-bond acceptors (Lipinski definition) is 4. The number of carboxylic acids is 1. The molecule has 1 fully saturated rings. The first-order valence-electron chi connectivity index (χ1n) is 6.49. The molecule has 0 aromatic carbocycles. The molecule has 1 atom stereocenters. The summed E-state index contributed by atoms with van der Waals surface area (Å²) in [7, 11) is 0. The minimum absolute atomic E-state index is 0.0588. The van der Waals surface area contributed by atoms with Crippen molar-refractivity contribution in [1.29, 1.82) is 0 Å². The van der Waals surface area contributed by atoms with Gasteiger partial charge in [-0.1, -0.05) is 0 Å². The van der Waals surface area contributed by atoms with Crippen LogP contribution in [0.3, 0.4) is 0 Å². The lowest BCUT2D eigenvalue weighted by molar-refractivity contribution is -0.143. The van der Waals surface area contributed by atoms with Crippen molar-refractivity contribution in [1.82, 2.24) is 15.1 Å². The van der Waals surface area contributed by atoms with Crippen LogP contribution < -0.4 is 5.56 Å². The third-order valence-electron chi connectivity index (χ3n) is 3.74. The van der Waals surface area contributed by atoms with E-state index >= 15 is 0 Å². The molecule has 1 aromatic heterocycles. The molecule has 0 saturated carbocycles. The van der Waals surface area contributed by atoms with Crippen molar-refractivity contribution in [3.05, 3.63) is 27.2 Å². The number of rotatable bonds is 2. The molecule has 0 aliphatic carbocycles. The van der Waals surface area contributed by atoms with Crippen LogP contribution in [0, 0.1) is 19.8 Å². The van der Waals surface area contributed by atoms with E-state index in [2.05, 4.69) is 10.2 Å². The second-order valence-electron chi connectivity index (χ2n) is 5.07. The topological polar surface area (TPSA) is 103 Å². The summed E-state index contributed by atoms with van der Waals surface area (Å²) < 4.78 is 0. The molecule has 108 valence electrons. The fourth-order valence-corrected chi connectivity index (χ4v) is 2.40. The van der Waals surface area contributed by atoms with Gasteiger partial charge in [0.15, 0.2) is 0 Å². The summed E-state index contributed by atoms with van der Waals surface area (Å²) in [6, 6.07) is 0. The highest BCUT2D eigenvalue weighted by molar-refractivity contribution is 5.95. The molecule has 2 heterocycles. The Kier molecular flexibility index (Phi) is 3.87. The first kappa shape index (κ1) is 14.2. The standard InChI is InChI=1S/C13H17N3O4/c1-7-8(2)14-15-11(17)10(7)12(18)16-5-3-4-9(6-16)13(19)20/h9H,3-6H2,1-2H3,(H,15,17)(H,19,20)/t9-/m1/s1. The van der Waals surface area contributed by atoms with Gasteiger partial charge in [0.2, 0.25) is 0 Å². The van der Waals surface area contributed by atoms with Crippen LogP contribution in [-0.4, -0.2) is 45.2 Å². The summed E-state index contributed by atoms with van der Waals surface area (Å²) in [4.78, 5) is 36.7. The highest BCUT2D eigenvalue weighted by Gasteiger charge is 2.30. The molecule has 1 amide bonds. The molecule has 1 saturated heterocycles.